The molecule has 1 aliphatic carbocycles. The summed E-state index contributed by atoms with van der Waals surface area (Å²) in [4.78, 5) is 11.2. The van der Waals surface area contributed by atoms with Gasteiger partial charge in [0.25, 0.3) is 0 Å². The van der Waals surface area contributed by atoms with Crippen molar-refractivity contribution in [2.75, 3.05) is 0 Å². The van der Waals surface area contributed by atoms with Gasteiger partial charge in [0.15, 0.2) is 0 Å². The highest BCUT2D eigenvalue weighted by atomic mass is 16.4. The molecule has 1 aliphatic rings. The van der Waals surface area contributed by atoms with Crippen molar-refractivity contribution >= 4 is 11.8 Å². The van der Waals surface area contributed by atoms with E-state index in [0.29, 0.717) is 11.5 Å². The van der Waals surface area contributed by atoms with E-state index in [2.05, 4.69) is 0 Å². The summed E-state index contributed by atoms with van der Waals surface area (Å²) < 4.78 is 0. The molecular weight excluding hydrogens is 228 g/mol. The first-order valence-electron chi connectivity index (χ1n) is 6.15. The van der Waals surface area contributed by atoms with Gasteiger partial charge >= 0.3 is 5.97 Å². The van der Waals surface area contributed by atoms with Crippen LogP contribution in [0.3, 0.4) is 0 Å². The minimum atomic E-state index is -0.960. The molecule has 0 aromatic heterocycles. The Morgan fingerprint density at radius 3 is 2.33 bits per heavy atom. The third-order valence-corrected chi connectivity index (χ3v) is 3.98. The number of nitrogens with one attached hydrogen (secondary N) is 1. The lowest BCUT2D eigenvalue weighted by molar-refractivity contribution is 0.0696. The molecule has 1 aromatic carbocycles. The molecule has 4 nitrogen and oxygen atoms in total. The number of aromatic carboxylic acids is 1. The van der Waals surface area contributed by atoms with Gasteiger partial charge in [-0.25, -0.2) is 4.79 Å². The van der Waals surface area contributed by atoms with E-state index in [-0.39, 0.29) is 11.4 Å². The molecule has 0 spiro atoms. The topological polar surface area (TPSA) is 87.2 Å². The Morgan fingerprint density at radius 2 is 1.94 bits per heavy atom. The predicted molar refractivity (Wildman–Crippen MR) is 70.5 cm³/mol. The molecule has 0 radical (unpaired) electrons. The molecule has 4 heteroatoms. The van der Waals surface area contributed by atoms with Gasteiger partial charge in [-0.3, -0.25) is 5.41 Å². The van der Waals surface area contributed by atoms with Gasteiger partial charge in [0.05, 0.1) is 5.56 Å². The lowest BCUT2D eigenvalue weighted by Gasteiger charge is -2.30. The van der Waals surface area contributed by atoms with Gasteiger partial charge < -0.3 is 10.8 Å². The van der Waals surface area contributed by atoms with Crippen LogP contribution in [0.15, 0.2) is 6.07 Å². The van der Waals surface area contributed by atoms with E-state index in [1.165, 1.54) is 6.42 Å². The highest BCUT2D eigenvalue weighted by Crippen LogP contribution is 2.41. The Kier molecular flexibility index (Phi) is 3.11. The summed E-state index contributed by atoms with van der Waals surface area (Å²) in [5, 5.41) is 16.8. The van der Waals surface area contributed by atoms with Crippen molar-refractivity contribution in [1.82, 2.24) is 0 Å². The van der Waals surface area contributed by atoms with E-state index in [1.54, 1.807) is 6.07 Å². The van der Waals surface area contributed by atoms with Crippen LogP contribution in [0.1, 0.15) is 57.8 Å². The summed E-state index contributed by atoms with van der Waals surface area (Å²) in [7, 11) is 0. The van der Waals surface area contributed by atoms with Crippen molar-refractivity contribution in [3.63, 3.8) is 0 Å². The first-order valence-corrected chi connectivity index (χ1v) is 6.15. The van der Waals surface area contributed by atoms with Gasteiger partial charge in [-0.15, -0.1) is 0 Å². The summed E-state index contributed by atoms with van der Waals surface area (Å²) in [5.41, 5.74) is 9.30. The second-order valence-corrected chi connectivity index (χ2v) is 4.98. The van der Waals surface area contributed by atoms with Gasteiger partial charge in [-0.1, -0.05) is 6.42 Å². The maximum Gasteiger partial charge on any atom is 0.335 e. The third-order valence-electron chi connectivity index (χ3n) is 3.98. The Labute approximate surface area is 106 Å². The first-order chi connectivity index (χ1) is 8.43. The van der Waals surface area contributed by atoms with Crippen LogP contribution in [0, 0.1) is 19.3 Å². The van der Waals surface area contributed by atoms with Crippen molar-refractivity contribution in [2.24, 2.45) is 5.73 Å². The van der Waals surface area contributed by atoms with Crippen LogP contribution in [0.2, 0.25) is 0 Å². The number of benzene rings is 1. The van der Waals surface area contributed by atoms with Crippen LogP contribution < -0.4 is 5.73 Å². The SMILES string of the molecule is Cc1c(C(=O)O)cc(C(=N)N)c(C2CCC2)c1C. The number of carboxylic acid groups (broad SMARTS) is 1. The summed E-state index contributed by atoms with van der Waals surface area (Å²) in [5.74, 6) is -0.564. The quantitative estimate of drug-likeness (QED) is 0.565. The molecule has 1 saturated carbocycles. The monoisotopic (exact) mass is 246 g/mol. The van der Waals surface area contributed by atoms with Crippen LogP contribution in [0.25, 0.3) is 0 Å². The number of nitrogens with two attached hydrogens (primary N) is 1. The van der Waals surface area contributed by atoms with E-state index < -0.39 is 5.97 Å². The van der Waals surface area contributed by atoms with E-state index >= 15 is 0 Å². The fraction of sp³-hybridized carbons (Fsp3) is 0.429. The van der Waals surface area contributed by atoms with Crippen molar-refractivity contribution in [1.29, 1.82) is 5.41 Å². The average molecular weight is 246 g/mol. The predicted octanol–water partition coefficient (Wildman–Crippen LogP) is 2.55. The lowest BCUT2D eigenvalue weighted by Crippen LogP contribution is -2.22. The van der Waals surface area contributed by atoms with Crippen LogP contribution in [0.5, 0.6) is 0 Å². The smallest absolute Gasteiger partial charge is 0.335 e. The maximum atomic E-state index is 11.2. The molecule has 0 bridgehead atoms. The van der Waals surface area contributed by atoms with Crippen molar-refractivity contribution < 1.29 is 9.90 Å². The number of hydrogen-bond donors (Lipinski definition) is 3. The molecule has 0 atom stereocenters. The van der Waals surface area contributed by atoms with Crippen molar-refractivity contribution in [3.05, 3.63) is 33.9 Å². The zero-order valence-corrected chi connectivity index (χ0v) is 10.7. The van der Waals surface area contributed by atoms with Crippen LogP contribution >= 0.6 is 0 Å². The van der Waals surface area contributed by atoms with Gasteiger partial charge in [0.1, 0.15) is 5.84 Å². The molecule has 0 unspecified atom stereocenters. The molecule has 96 valence electrons. The molecule has 1 aromatic rings. The van der Waals surface area contributed by atoms with E-state index in [0.717, 1.165) is 29.5 Å². The zero-order valence-electron chi connectivity index (χ0n) is 10.7. The Morgan fingerprint density at radius 1 is 1.33 bits per heavy atom. The Bertz CT molecular complexity index is 531. The van der Waals surface area contributed by atoms with Crippen LogP contribution in [-0.4, -0.2) is 16.9 Å². The van der Waals surface area contributed by atoms with Gasteiger partial charge in [0.2, 0.25) is 0 Å². The fourth-order valence-electron chi connectivity index (χ4n) is 2.60. The van der Waals surface area contributed by atoms with Crippen molar-refractivity contribution in [2.45, 2.75) is 39.0 Å². The highest BCUT2D eigenvalue weighted by Gasteiger charge is 2.27. The van der Waals surface area contributed by atoms with Crippen LogP contribution in [-0.2, 0) is 0 Å². The minimum Gasteiger partial charge on any atom is -0.478 e. The second-order valence-electron chi connectivity index (χ2n) is 4.98. The minimum absolute atomic E-state index is 0.0394. The first kappa shape index (κ1) is 12.6. The average Bonchev–Trinajstić information content (AvgIpc) is 2.21. The summed E-state index contributed by atoms with van der Waals surface area (Å²) in [6.45, 7) is 3.76. The van der Waals surface area contributed by atoms with Gasteiger partial charge in [-0.2, -0.15) is 0 Å². The van der Waals surface area contributed by atoms with E-state index in [4.69, 9.17) is 11.1 Å². The maximum absolute atomic E-state index is 11.2. The van der Waals surface area contributed by atoms with Gasteiger partial charge in [0, 0.05) is 5.56 Å². The standard InChI is InChI=1S/C14H18N2O2/c1-7-8(2)12(9-4-3-5-9)11(13(15)16)6-10(7)14(17)18/h6,9H,3-5H2,1-2H3,(H3,15,16)(H,17,18). The second kappa shape index (κ2) is 4.44. The summed E-state index contributed by atoms with van der Waals surface area (Å²) >= 11 is 0. The Hall–Kier alpha value is -1.84. The third kappa shape index (κ3) is 1.88. The molecular formula is C14H18N2O2. The molecule has 0 heterocycles. The van der Waals surface area contributed by atoms with Gasteiger partial charge in [-0.05, 0) is 55.4 Å². The van der Waals surface area contributed by atoms with Crippen molar-refractivity contribution in [3.8, 4) is 0 Å². The van der Waals surface area contributed by atoms with E-state index in [1.807, 2.05) is 13.8 Å². The molecule has 0 saturated heterocycles. The molecule has 2 rings (SSSR count). The zero-order chi connectivity index (χ0) is 13.4. The number of hydrogen-bond acceptors (Lipinski definition) is 2. The lowest BCUT2D eigenvalue weighted by atomic mass is 9.74. The molecule has 1 fully saturated rings. The molecule has 4 N–H and O–H groups in total. The fourth-order valence-corrected chi connectivity index (χ4v) is 2.60. The number of amidine groups is 1. The molecule has 18 heavy (non-hydrogen) atoms. The largest absolute Gasteiger partial charge is 0.478 e. The summed E-state index contributed by atoms with van der Waals surface area (Å²) in [6, 6.07) is 1.56. The number of carboxylic acids is 1. The molecule has 0 amide bonds. The summed E-state index contributed by atoms with van der Waals surface area (Å²) in [6.07, 6.45) is 3.40. The normalized spacial score (nSPS) is 15.2. The van der Waals surface area contributed by atoms with E-state index in [9.17, 15) is 9.90 Å². The highest BCUT2D eigenvalue weighted by molar-refractivity contribution is 6.00. The molecule has 0 aliphatic heterocycles. The number of nitrogen functional groups attached to an aromatic ring is 1. The number of rotatable bonds is 3. The van der Waals surface area contributed by atoms with Crippen LogP contribution in [0.4, 0.5) is 0 Å². The Balaban J connectivity index is 2.67. The number of carbonyl (C=O) groups is 1.